The molecule has 0 spiro atoms. The summed E-state index contributed by atoms with van der Waals surface area (Å²) in [4.78, 5) is 11.8. The molecule has 0 bridgehead atoms. The lowest BCUT2D eigenvalue weighted by atomic mass is 10.1. The Morgan fingerprint density at radius 3 is 2.50 bits per heavy atom. The van der Waals surface area contributed by atoms with E-state index in [-0.39, 0.29) is 11.8 Å². The van der Waals surface area contributed by atoms with Gasteiger partial charge in [-0.1, -0.05) is 37.0 Å². The highest BCUT2D eigenvalue weighted by molar-refractivity contribution is 6.35. The summed E-state index contributed by atoms with van der Waals surface area (Å²) in [5.74, 6) is 0.344. The van der Waals surface area contributed by atoms with Crippen molar-refractivity contribution in [1.29, 1.82) is 0 Å². The number of hydrogen-bond acceptors (Lipinski definition) is 3. The number of hydrogen-bond donors (Lipinski definition) is 1. The van der Waals surface area contributed by atoms with Gasteiger partial charge in [0.05, 0.1) is 5.02 Å². The number of benzene rings is 1. The fourth-order valence-electron chi connectivity index (χ4n) is 1.18. The first kappa shape index (κ1) is 16.8. The second-order valence-electron chi connectivity index (χ2n) is 4.72. The number of carbonyl (C=O) groups excluding carboxylic acids is 1. The molecule has 0 aliphatic heterocycles. The van der Waals surface area contributed by atoms with Crippen LogP contribution in [0.5, 0.6) is 5.75 Å². The first-order valence-corrected chi connectivity index (χ1v) is 7.02. The smallest absolute Gasteiger partial charge is 0.280 e. The third kappa shape index (κ3) is 5.02. The van der Waals surface area contributed by atoms with E-state index < -0.39 is 6.10 Å². The van der Waals surface area contributed by atoms with E-state index >= 15 is 0 Å². The van der Waals surface area contributed by atoms with Crippen molar-refractivity contribution in [3.63, 3.8) is 0 Å². The maximum atomic E-state index is 11.8. The van der Waals surface area contributed by atoms with Crippen LogP contribution in [-0.4, -0.2) is 17.7 Å². The quantitative estimate of drug-likeness (QED) is 0.661. The van der Waals surface area contributed by atoms with E-state index in [1.807, 2.05) is 20.8 Å². The standard InChI is InChI=1S/C14H18Cl2N2O2/c1-8(2)9(3)17-18-14(19)10(4)20-13-6-5-11(15)7-12(13)16/h5-8,10H,1-4H3,(H,18,19)/b17-9+. The van der Waals surface area contributed by atoms with Crippen LogP contribution in [0.1, 0.15) is 27.7 Å². The van der Waals surface area contributed by atoms with Crippen molar-refractivity contribution in [3.05, 3.63) is 28.2 Å². The van der Waals surface area contributed by atoms with Gasteiger partial charge < -0.3 is 4.74 Å². The molecule has 1 rings (SSSR count). The van der Waals surface area contributed by atoms with Gasteiger partial charge in [-0.25, -0.2) is 5.43 Å². The van der Waals surface area contributed by atoms with Crippen LogP contribution in [0, 0.1) is 5.92 Å². The van der Waals surface area contributed by atoms with Gasteiger partial charge in [-0.2, -0.15) is 5.10 Å². The minimum atomic E-state index is -0.711. The predicted molar refractivity (Wildman–Crippen MR) is 82.6 cm³/mol. The number of carbonyl (C=O) groups is 1. The number of nitrogens with zero attached hydrogens (tertiary/aromatic N) is 1. The summed E-state index contributed by atoms with van der Waals surface area (Å²) < 4.78 is 5.48. The number of amides is 1. The molecule has 0 aromatic heterocycles. The molecule has 1 aromatic carbocycles. The zero-order valence-electron chi connectivity index (χ0n) is 11.9. The monoisotopic (exact) mass is 316 g/mol. The molecule has 0 aliphatic rings. The normalized spacial score (nSPS) is 13.2. The zero-order valence-corrected chi connectivity index (χ0v) is 13.4. The molecule has 0 saturated carbocycles. The molecule has 6 heteroatoms. The molecule has 4 nitrogen and oxygen atoms in total. The zero-order chi connectivity index (χ0) is 15.3. The number of nitrogens with one attached hydrogen (secondary N) is 1. The second-order valence-corrected chi connectivity index (χ2v) is 5.56. The van der Waals surface area contributed by atoms with Gasteiger partial charge in [0.1, 0.15) is 5.75 Å². The van der Waals surface area contributed by atoms with E-state index in [0.29, 0.717) is 15.8 Å². The molecule has 1 unspecified atom stereocenters. The third-order valence-corrected chi connectivity index (χ3v) is 3.28. The van der Waals surface area contributed by atoms with Crippen LogP contribution in [0.3, 0.4) is 0 Å². The van der Waals surface area contributed by atoms with Crippen molar-refractivity contribution in [1.82, 2.24) is 5.43 Å². The number of ether oxygens (including phenoxy) is 1. The predicted octanol–water partition coefficient (Wildman–Crippen LogP) is 3.91. The molecule has 1 amide bonds. The molecular formula is C14H18Cl2N2O2. The molecule has 1 atom stereocenters. The van der Waals surface area contributed by atoms with Gasteiger partial charge >= 0.3 is 0 Å². The second kappa shape index (κ2) is 7.50. The third-order valence-electron chi connectivity index (χ3n) is 2.74. The number of rotatable bonds is 5. The first-order valence-electron chi connectivity index (χ1n) is 6.27. The minimum Gasteiger partial charge on any atom is -0.479 e. The van der Waals surface area contributed by atoms with Gasteiger partial charge in [0, 0.05) is 10.7 Å². The molecule has 110 valence electrons. The van der Waals surface area contributed by atoms with Crippen LogP contribution < -0.4 is 10.2 Å². The Balaban J connectivity index is 2.64. The van der Waals surface area contributed by atoms with Crippen LogP contribution in [-0.2, 0) is 4.79 Å². The molecule has 0 saturated heterocycles. The van der Waals surface area contributed by atoms with E-state index in [9.17, 15) is 4.79 Å². The maximum Gasteiger partial charge on any atom is 0.280 e. The molecule has 20 heavy (non-hydrogen) atoms. The molecule has 1 aromatic rings. The Morgan fingerprint density at radius 2 is 1.95 bits per heavy atom. The Bertz CT molecular complexity index is 516. The number of hydrazone groups is 1. The van der Waals surface area contributed by atoms with E-state index in [1.54, 1.807) is 25.1 Å². The van der Waals surface area contributed by atoms with Crippen molar-refractivity contribution < 1.29 is 9.53 Å². The highest BCUT2D eigenvalue weighted by atomic mass is 35.5. The molecule has 1 N–H and O–H groups in total. The lowest BCUT2D eigenvalue weighted by Crippen LogP contribution is -2.34. The fraction of sp³-hybridized carbons (Fsp3) is 0.429. The van der Waals surface area contributed by atoms with Crippen LogP contribution in [0.2, 0.25) is 10.0 Å². The van der Waals surface area contributed by atoms with Gasteiger partial charge in [-0.3, -0.25) is 4.79 Å². The first-order chi connectivity index (χ1) is 9.31. The average molecular weight is 317 g/mol. The summed E-state index contributed by atoms with van der Waals surface area (Å²) in [7, 11) is 0. The molecule has 0 radical (unpaired) electrons. The Labute approximate surface area is 129 Å². The Morgan fingerprint density at radius 1 is 1.30 bits per heavy atom. The van der Waals surface area contributed by atoms with Crippen LogP contribution in [0.4, 0.5) is 0 Å². The van der Waals surface area contributed by atoms with E-state index in [4.69, 9.17) is 27.9 Å². The van der Waals surface area contributed by atoms with Crippen LogP contribution in [0.25, 0.3) is 0 Å². The van der Waals surface area contributed by atoms with E-state index in [2.05, 4.69) is 10.5 Å². The summed E-state index contributed by atoms with van der Waals surface area (Å²) in [6, 6.07) is 4.83. The van der Waals surface area contributed by atoms with Gasteiger partial charge in [-0.05, 0) is 38.0 Å². The van der Waals surface area contributed by atoms with Gasteiger partial charge in [-0.15, -0.1) is 0 Å². The lowest BCUT2D eigenvalue weighted by molar-refractivity contribution is -0.127. The maximum absolute atomic E-state index is 11.8. The van der Waals surface area contributed by atoms with Gasteiger partial charge in [0.25, 0.3) is 5.91 Å². The van der Waals surface area contributed by atoms with Gasteiger partial charge in [0.2, 0.25) is 0 Å². The highest BCUT2D eigenvalue weighted by Crippen LogP contribution is 2.28. The molecular weight excluding hydrogens is 299 g/mol. The summed E-state index contributed by atoms with van der Waals surface area (Å²) in [6.07, 6.45) is -0.711. The summed E-state index contributed by atoms with van der Waals surface area (Å²) in [6.45, 7) is 7.48. The molecule has 0 fully saturated rings. The Hall–Kier alpha value is -1.26. The Kier molecular flexibility index (Phi) is 6.30. The van der Waals surface area contributed by atoms with Crippen molar-refractivity contribution in [2.45, 2.75) is 33.8 Å². The van der Waals surface area contributed by atoms with Crippen molar-refractivity contribution >= 4 is 34.8 Å². The van der Waals surface area contributed by atoms with Crippen molar-refractivity contribution in [2.24, 2.45) is 11.0 Å². The highest BCUT2D eigenvalue weighted by Gasteiger charge is 2.16. The fourth-order valence-corrected chi connectivity index (χ4v) is 1.63. The SMILES string of the molecule is C/C(=N\NC(=O)C(C)Oc1ccc(Cl)cc1Cl)C(C)C. The van der Waals surface area contributed by atoms with Crippen LogP contribution >= 0.6 is 23.2 Å². The van der Waals surface area contributed by atoms with E-state index in [0.717, 1.165) is 5.71 Å². The topological polar surface area (TPSA) is 50.7 Å². The van der Waals surface area contributed by atoms with E-state index in [1.165, 1.54) is 0 Å². The minimum absolute atomic E-state index is 0.275. The van der Waals surface area contributed by atoms with Crippen LogP contribution in [0.15, 0.2) is 23.3 Å². The van der Waals surface area contributed by atoms with Crippen molar-refractivity contribution in [3.8, 4) is 5.75 Å². The van der Waals surface area contributed by atoms with Gasteiger partial charge in [0.15, 0.2) is 6.10 Å². The molecule has 0 aliphatic carbocycles. The lowest BCUT2D eigenvalue weighted by Gasteiger charge is -2.14. The van der Waals surface area contributed by atoms with Crippen molar-refractivity contribution in [2.75, 3.05) is 0 Å². The molecule has 0 heterocycles. The number of halogens is 2. The summed E-state index contributed by atoms with van der Waals surface area (Å²) in [5, 5.41) is 4.88. The average Bonchev–Trinajstić information content (AvgIpc) is 2.38. The largest absolute Gasteiger partial charge is 0.479 e. The summed E-state index contributed by atoms with van der Waals surface area (Å²) in [5.41, 5.74) is 3.31. The summed E-state index contributed by atoms with van der Waals surface area (Å²) >= 11 is 11.8.